The fourth-order valence-electron chi connectivity index (χ4n) is 1.21. The molecule has 0 spiro atoms. The molecule has 0 N–H and O–H groups in total. The molecule has 0 aliphatic rings. The van der Waals surface area contributed by atoms with Gasteiger partial charge in [0.05, 0.1) is 6.20 Å². The molecular formula is C10H7FN2OS. The van der Waals surface area contributed by atoms with Crippen molar-refractivity contribution in [3.05, 3.63) is 46.7 Å². The monoisotopic (exact) mass is 222 g/mol. The zero-order chi connectivity index (χ0) is 10.7. The molecule has 0 bridgehead atoms. The molecule has 5 heteroatoms. The van der Waals surface area contributed by atoms with E-state index >= 15 is 0 Å². The van der Waals surface area contributed by atoms with Gasteiger partial charge in [-0.15, -0.1) is 5.10 Å². The van der Waals surface area contributed by atoms with Gasteiger partial charge in [-0.05, 0) is 29.2 Å². The minimum Gasteiger partial charge on any atom is -0.293 e. The number of halogens is 1. The molecule has 0 radical (unpaired) electrons. The van der Waals surface area contributed by atoms with Crippen molar-refractivity contribution in [2.24, 2.45) is 0 Å². The van der Waals surface area contributed by atoms with Crippen LogP contribution in [-0.2, 0) is 6.42 Å². The van der Waals surface area contributed by atoms with E-state index in [0.717, 1.165) is 11.5 Å². The summed E-state index contributed by atoms with van der Waals surface area (Å²) >= 11 is 1.05. The van der Waals surface area contributed by atoms with Crippen LogP contribution in [0.5, 0.6) is 0 Å². The number of hydrogen-bond acceptors (Lipinski definition) is 4. The lowest BCUT2D eigenvalue weighted by Crippen LogP contribution is -2.01. The average molecular weight is 222 g/mol. The Kier molecular flexibility index (Phi) is 2.82. The summed E-state index contributed by atoms with van der Waals surface area (Å²) in [6, 6.07) is 6.01. The second-order valence-electron chi connectivity index (χ2n) is 3.01. The number of carbonyl (C=O) groups is 1. The van der Waals surface area contributed by atoms with Crippen LogP contribution in [-0.4, -0.2) is 15.4 Å². The summed E-state index contributed by atoms with van der Waals surface area (Å²) in [5.41, 5.74) is 0.661. The fraction of sp³-hybridized carbons (Fsp3) is 0.100. The molecule has 0 saturated carbocycles. The van der Waals surface area contributed by atoms with Crippen molar-refractivity contribution in [2.45, 2.75) is 6.42 Å². The number of benzene rings is 1. The maximum atomic E-state index is 12.8. The molecule has 0 aliphatic heterocycles. The van der Waals surface area contributed by atoms with Gasteiger partial charge in [-0.3, -0.25) is 4.79 Å². The van der Waals surface area contributed by atoms with E-state index in [1.165, 1.54) is 18.3 Å². The first kappa shape index (κ1) is 9.92. The predicted octanol–water partition coefficient (Wildman–Crippen LogP) is 2.10. The zero-order valence-electron chi connectivity index (χ0n) is 7.68. The first-order valence-electron chi connectivity index (χ1n) is 4.31. The van der Waals surface area contributed by atoms with Crippen molar-refractivity contribution in [3.63, 3.8) is 0 Å². The number of Topliss-reactive ketones (excluding diaryl/α,β-unsaturated/α-hetero) is 1. The Morgan fingerprint density at radius 2 is 2.33 bits per heavy atom. The van der Waals surface area contributed by atoms with Crippen LogP contribution in [0.4, 0.5) is 4.39 Å². The lowest BCUT2D eigenvalue weighted by molar-refractivity contribution is 0.0996. The smallest absolute Gasteiger partial charge is 0.180 e. The summed E-state index contributed by atoms with van der Waals surface area (Å²) in [5, 5.41) is 3.58. The second-order valence-corrected chi connectivity index (χ2v) is 3.80. The average Bonchev–Trinajstić information content (AvgIpc) is 2.70. The number of nitrogens with zero attached hydrogens (tertiary/aromatic N) is 2. The summed E-state index contributed by atoms with van der Waals surface area (Å²) in [7, 11) is 0. The molecule has 0 unspecified atom stereocenters. The van der Waals surface area contributed by atoms with Crippen molar-refractivity contribution < 1.29 is 9.18 Å². The Balaban J connectivity index is 2.13. The molecule has 0 saturated heterocycles. The van der Waals surface area contributed by atoms with Crippen molar-refractivity contribution in [1.29, 1.82) is 0 Å². The van der Waals surface area contributed by atoms with E-state index < -0.39 is 0 Å². The molecule has 0 aliphatic carbocycles. The molecule has 76 valence electrons. The first-order valence-corrected chi connectivity index (χ1v) is 5.08. The lowest BCUT2D eigenvalue weighted by atomic mass is 10.1. The number of hydrogen-bond donors (Lipinski definition) is 0. The standard InChI is InChI=1S/C10H7FN2OS/c11-8-3-1-2-7(4-8)5-9(14)10-6-12-13-15-10/h1-4,6H,5H2. The Labute approximate surface area is 89.7 Å². The minimum atomic E-state index is -0.331. The molecule has 0 fully saturated rings. The van der Waals surface area contributed by atoms with Gasteiger partial charge in [0.1, 0.15) is 10.7 Å². The van der Waals surface area contributed by atoms with Crippen LogP contribution in [0.3, 0.4) is 0 Å². The van der Waals surface area contributed by atoms with Crippen LogP contribution in [0, 0.1) is 5.82 Å². The van der Waals surface area contributed by atoms with Crippen LogP contribution < -0.4 is 0 Å². The van der Waals surface area contributed by atoms with Gasteiger partial charge in [0.15, 0.2) is 5.78 Å². The van der Waals surface area contributed by atoms with E-state index in [9.17, 15) is 9.18 Å². The van der Waals surface area contributed by atoms with Gasteiger partial charge in [0.2, 0.25) is 0 Å². The van der Waals surface area contributed by atoms with Gasteiger partial charge < -0.3 is 0 Å². The number of ketones is 1. The topological polar surface area (TPSA) is 42.9 Å². The van der Waals surface area contributed by atoms with Gasteiger partial charge in [0, 0.05) is 6.42 Å². The fourth-order valence-corrected chi connectivity index (χ4v) is 1.66. The minimum absolute atomic E-state index is 0.0874. The highest BCUT2D eigenvalue weighted by molar-refractivity contribution is 7.07. The number of rotatable bonds is 3. The molecule has 15 heavy (non-hydrogen) atoms. The van der Waals surface area contributed by atoms with Gasteiger partial charge in [-0.2, -0.15) is 0 Å². The van der Waals surface area contributed by atoms with E-state index in [-0.39, 0.29) is 18.0 Å². The van der Waals surface area contributed by atoms with Crippen LogP contribution in [0.15, 0.2) is 30.5 Å². The van der Waals surface area contributed by atoms with Crippen molar-refractivity contribution in [2.75, 3.05) is 0 Å². The highest BCUT2D eigenvalue weighted by Crippen LogP contribution is 2.10. The lowest BCUT2D eigenvalue weighted by Gasteiger charge is -1.98. The normalized spacial score (nSPS) is 10.2. The third-order valence-corrected chi connectivity index (χ3v) is 2.60. The molecule has 1 aromatic carbocycles. The van der Waals surface area contributed by atoms with E-state index in [0.29, 0.717) is 10.4 Å². The first-order chi connectivity index (χ1) is 7.25. The summed E-state index contributed by atoms with van der Waals surface area (Å²) in [6.07, 6.45) is 1.61. The molecule has 0 amide bonds. The second kappa shape index (κ2) is 4.27. The van der Waals surface area contributed by atoms with Crippen molar-refractivity contribution in [1.82, 2.24) is 9.59 Å². The van der Waals surface area contributed by atoms with Crippen LogP contribution in [0.25, 0.3) is 0 Å². The summed E-state index contributed by atoms with van der Waals surface area (Å²) in [5.74, 6) is -0.418. The van der Waals surface area contributed by atoms with Crippen LogP contribution in [0.2, 0.25) is 0 Å². The molecule has 2 aromatic rings. The van der Waals surface area contributed by atoms with Gasteiger partial charge in [-0.25, -0.2) is 4.39 Å². The Morgan fingerprint density at radius 3 is 3.00 bits per heavy atom. The molecule has 3 nitrogen and oxygen atoms in total. The summed E-state index contributed by atoms with van der Waals surface area (Å²) in [4.78, 5) is 12.1. The van der Waals surface area contributed by atoms with Crippen LogP contribution >= 0.6 is 11.5 Å². The highest BCUT2D eigenvalue weighted by atomic mass is 32.1. The van der Waals surface area contributed by atoms with Crippen molar-refractivity contribution in [3.8, 4) is 0 Å². The predicted molar refractivity (Wildman–Crippen MR) is 54.3 cm³/mol. The van der Waals surface area contributed by atoms with E-state index in [1.54, 1.807) is 12.1 Å². The quantitative estimate of drug-likeness (QED) is 0.747. The molecule has 0 atom stereocenters. The van der Waals surface area contributed by atoms with E-state index in [2.05, 4.69) is 9.59 Å². The molecule has 2 rings (SSSR count). The summed E-state index contributed by atoms with van der Waals surface area (Å²) < 4.78 is 16.4. The van der Waals surface area contributed by atoms with Gasteiger partial charge in [0.25, 0.3) is 0 Å². The zero-order valence-corrected chi connectivity index (χ0v) is 8.50. The number of aromatic nitrogens is 2. The van der Waals surface area contributed by atoms with E-state index in [1.807, 2.05) is 0 Å². The Morgan fingerprint density at radius 1 is 1.47 bits per heavy atom. The molecular weight excluding hydrogens is 215 g/mol. The largest absolute Gasteiger partial charge is 0.293 e. The van der Waals surface area contributed by atoms with Gasteiger partial charge >= 0.3 is 0 Å². The van der Waals surface area contributed by atoms with Crippen molar-refractivity contribution >= 4 is 17.3 Å². The van der Waals surface area contributed by atoms with Crippen LogP contribution in [0.1, 0.15) is 15.2 Å². The highest BCUT2D eigenvalue weighted by Gasteiger charge is 2.09. The maximum absolute atomic E-state index is 12.8. The SMILES string of the molecule is O=C(Cc1cccc(F)c1)c1cnns1. The van der Waals surface area contributed by atoms with E-state index in [4.69, 9.17) is 0 Å². The molecule has 1 aromatic heterocycles. The maximum Gasteiger partial charge on any atom is 0.180 e. The Hall–Kier alpha value is -1.62. The Bertz CT molecular complexity index is 470. The third-order valence-electron chi connectivity index (χ3n) is 1.89. The number of carbonyl (C=O) groups excluding carboxylic acids is 1. The van der Waals surface area contributed by atoms with Gasteiger partial charge in [-0.1, -0.05) is 16.6 Å². The molecule has 1 heterocycles. The third kappa shape index (κ3) is 2.44. The summed E-state index contributed by atoms with van der Waals surface area (Å²) in [6.45, 7) is 0.